The molecule has 110 valence electrons. The van der Waals surface area contributed by atoms with E-state index in [4.69, 9.17) is 5.26 Å². The second-order valence-corrected chi connectivity index (χ2v) is 5.42. The predicted molar refractivity (Wildman–Crippen MR) is 87.3 cm³/mol. The molecule has 0 bridgehead atoms. The Bertz CT molecular complexity index is 764. The summed E-state index contributed by atoms with van der Waals surface area (Å²) < 4.78 is 0.924. The van der Waals surface area contributed by atoms with E-state index in [1.807, 2.05) is 13.0 Å². The van der Waals surface area contributed by atoms with Gasteiger partial charge in [0.25, 0.3) is 0 Å². The summed E-state index contributed by atoms with van der Waals surface area (Å²) in [6, 6.07) is 13.5. The summed E-state index contributed by atoms with van der Waals surface area (Å²) in [5, 5.41) is 13.7. The summed E-state index contributed by atoms with van der Waals surface area (Å²) in [6.45, 7) is 1.89. The van der Waals surface area contributed by atoms with Crippen molar-refractivity contribution in [1.29, 1.82) is 5.26 Å². The van der Waals surface area contributed by atoms with E-state index in [9.17, 15) is 9.59 Å². The van der Waals surface area contributed by atoms with Crippen molar-refractivity contribution in [3.8, 4) is 6.07 Å². The zero-order chi connectivity index (χ0) is 16.1. The smallest absolute Gasteiger partial charge is 0.314 e. The average Bonchev–Trinajstić information content (AvgIpc) is 2.51. The Hall–Kier alpha value is -2.65. The van der Waals surface area contributed by atoms with Crippen molar-refractivity contribution in [3.63, 3.8) is 0 Å². The van der Waals surface area contributed by atoms with Gasteiger partial charge in [-0.3, -0.25) is 9.59 Å². The van der Waals surface area contributed by atoms with Gasteiger partial charge < -0.3 is 10.6 Å². The maximum Gasteiger partial charge on any atom is 0.314 e. The van der Waals surface area contributed by atoms with E-state index in [1.54, 1.807) is 42.5 Å². The molecule has 5 nitrogen and oxygen atoms in total. The number of anilines is 2. The molecule has 2 aromatic carbocycles. The molecule has 0 radical (unpaired) electrons. The number of rotatable bonds is 2. The summed E-state index contributed by atoms with van der Waals surface area (Å²) in [7, 11) is 0. The SMILES string of the molecule is Cc1cc(NC(=O)C(=O)Nc2ccc(C#N)cc2)ccc1Br. The summed E-state index contributed by atoms with van der Waals surface area (Å²) in [6.07, 6.45) is 0. The van der Waals surface area contributed by atoms with Crippen LogP contribution in [-0.2, 0) is 9.59 Å². The lowest BCUT2D eigenvalue weighted by atomic mass is 10.2. The molecule has 0 fully saturated rings. The van der Waals surface area contributed by atoms with E-state index in [2.05, 4.69) is 26.6 Å². The molecule has 0 aliphatic heterocycles. The monoisotopic (exact) mass is 357 g/mol. The third kappa shape index (κ3) is 3.93. The average molecular weight is 358 g/mol. The van der Waals surface area contributed by atoms with Crippen LogP contribution in [0, 0.1) is 18.3 Å². The van der Waals surface area contributed by atoms with Crippen LogP contribution in [0.1, 0.15) is 11.1 Å². The van der Waals surface area contributed by atoms with Crippen LogP contribution in [0.15, 0.2) is 46.9 Å². The third-order valence-electron chi connectivity index (χ3n) is 2.89. The first-order chi connectivity index (χ1) is 10.5. The van der Waals surface area contributed by atoms with Crippen molar-refractivity contribution in [1.82, 2.24) is 0 Å². The first kappa shape index (κ1) is 15.7. The Kier molecular flexibility index (Phi) is 4.92. The van der Waals surface area contributed by atoms with Crippen molar-refractivity contribution in [2.75, 3.05) is 10.6 Å². The van der Waals surface area contributed by atoms with Gasteiger partial charge in [-0.1, -0.05) is 15.9 Å². The number of hydrogen-bond donors (Lipinski definition) is 2. The zero-order valence-electron chi connectivity index (χ0n) is 11.7. The topological polar surface area (TPSA) is 82.0 Å². The van der Waals surface area contributed by atoms with Gasteiger partial charge in [0, 0.05) is 15.8 Å². The maximum atomic E-state index is 11.8. The van der Waals surface area contributed by atoms with Crippen molar-refractivity contribution in [2.24, 2.45) is 0 Å². The molecule has 0 saturated heterocycles. The maximum absolute atomic E-state index is 11.8. The fourth-order valence-corrected chi connectivity index (χ4v) is 1.97. The van der Waals surface area contributed by atoms with Crippen molar-refractivity contribution < 1.29 is 9.59 Å². The van der Waals surface area contributed by atoms with E-state index in [0.717, 1.165) is 10.0 Å². The fraction of sp³-hybridized carbons (Fsp3) is 0.0625. The quantitative estimate of drug-likeness (QED) is 0.809. The molecule has 2 rings (SSSR count). The molecule has 2 N–H and O–H groups in total. The molecule has 0 aromatic heterocycles. The lowest BCUT2D eigenvalue weighted by molar-refractivity contribution is -0.132. The third-order valence-corrected chi connectivity index (χ3v) is 3.78. The molecule has 0 unspecified atom stereocenters. The standard InChI is InChI=1S/C16H12BrN3O2/c1-10-8-13(6-7-14(10)17)20-16(22)15(21)19-12-4-2-11(9-18)3-5-12/h2-8H,1H3,(H,19,21)(H,20,22). The first-order valence-electron chi connectivity index (χ1n) is 6.38. The minimum absolute atomic E-state index is 0.450. The van der Waals surface area contributed by atoms with Gasteiger partial charge in [-0.05, 0) is 55.0 Å². The van der Waals surface area contributed by atoms with Crippen LogP contribution in [0.2, 0.25) is 0 Å². The summed E-state index contributed by atoms with van der Waals surface area (Å²) >= 11 is 3.37. The number of benzene rings is 2. The number of amides is 2. The number of carbonyl (C=O) groups is 2. The number of aryl methyl sites for hydroxylation is 1. The van der Waals surface area contributed by atoms with Crippen LogP contribution >= 0.6 is 15.9 Å². The Morgan fingerprint density at radius 1 is 1.00 bits per heavy atom. The van der Waals surface area contributed by atoms with Gasteiger partial charge in [0.2, 0.25) is 0 Å². The predicted octanol–water partition coefficient (Wildman–Crippen LogP) is 3.21. The number of nitrogens with zero attached hydrogens (tertiary/aromatic N) is 1. The Morgan fingerprint density at radius 2 is 1.55 bits per heavy atom. The van der Waals surface area contributed by atoms with Gasteiger partial charge in [-0.25, -0.2) is 0 Å². The Morgan fingerprint density at radius 3 is 2.09 bits per heavy atom. The van der Waals surface area contributed by atoms with Crippen molar-refractivity contribution in [3.05, 3.63) is 58.1 Å². The van der Waals surface area contributed by atoms with E-state index >= 15 is 0 Å². The van der Waals surface area contributed by atoms with E-state index in [-0.39, 0.29) is 0 Å². The van der Waals surface area contributed by atoms with Crippen LogP contribution in [0.5, 0.6) is 0 Å². The summed E-state index contributed by atoms with van der Waals surface area (Å²) in [5.41, 5.74) is 2.42. The number of carbonyl (C=O) groups excluding carboxylic acids is 2. The molecule has 6 heteroatoms. The number of hydrogen-bond acceptors (Lipinski definition) is 3. The van der Waals surface area contributed by atoms with Gasteiger partial charge in [0.1, 0.15) is 0 Å². The largest absolute Gasteiger partial charge is 0.318 e. The molecular formula is C16H12BrN3O2. The summed E-state index contributed by atoms with van der Waals surface area (Å²) in [4.78, 5) is 23.7. The lowest BCUT2D eigenvalue weighted by Gasteiger charge is -2.08. The van der Waals surface area contributed by atoms with Crippen LogP contribution in [-0.4, -0.2) is 11.8 Å². The van der Waals surface area contributed by atoms with Crippen molar-refractivity contribution in [2.45, 2.75) is 6.92 Å². The molecule has 0 aliphatic rings. The normalized spacial score (nSPS) is 9.68. The highest BCUT2D eigenvalue weighted by molar-refractivity contribution is 9.10. The highest BCUT2D eigenvalue weighted by Crippen LogP contribution is 2.20. The highest BCUT2D eigenvalue weighted by Gasteiger charge is 2.14. The summed E-state index contributed by atoms with van der Waals surface area (Å²) in [5.74, 6) is -1.53. The second-order valence-electron chi connectivity index (χ2n) is 4.56. The van der Waals surface area contributed by atoms with Gasteiger partial charge in [-0.2, -0.15) is 5.26 Å². The minimum Gasteiger partial charge on any atom is -0.318 e. The molecule has 0 spiro atoms. The molecule has 2 aromatic rings. The molecule has 0 saturated carbocycles. The van der Waals surface area contributed by atoms with Crippen LogP contribution in [0.25, 0.3) is 0 Å². The van der Waals surface area contributed by atoms with Crippen LogP contribution < -0.4 is 10.6 Å². The molecule has 2 amide bonds. The van der Waals surface area contributed by atoms with Crippen molar-refractivity contribution >= 4 is 39.1 Å². The fourth-order valence-electron chi connectivity index (χ4n) is 1.73. The van der Waals surface area contributed by atoms with E-state index in [0.29, 0.717) is 16.9 Å². The number of halogens is 1. The molecule has 0 atom stereocenters. The minimum atomic E-state index is -0.773. The van der Waals surface area contributed by atoms with Gasteiger partial charge >= 0.3 is 11.8 Å². The van der Waals surface area contributed by atoms with Crippen LogP contribution in [0.3, 0.4) is 0 Å². The zero-order valence-corrected chi connectivity index (χ0v) is 13.3. The second kappa shape index (κ2) is 6.87. The van der Waals surface area contributed by atoms with Gasteiger partial charge in [0.15, 0.2) is 0 Å². The number of nitriles is 1. The molecule has 22 heavy (non-hydrogen) atoms. The Labute approximate surface area is 136 Å². The lowest BCUT2D eigenvalue weighted by Crippen LogP contribution is -2.29. The molecule has 0 heterocycles. The van der Waals surface area contributed by atoms with E-state index in [1.165, 1.54) is 0 Å². The number of nitrogens with one attached hydrogen (secondary N) is 2. The highest BCUT2D eigenvalue weighted by atomic mass is 79.9. The first-order valence-corrected chi connectivity index (χ1v) is 7.17. The van der Waals surface area contributed by atoms with Crippen LogP contribution in [0.4, 0.5) is 11.4 Å². The molecule has 0 aliphatic carbocycles. The van der Waals surface area contributed by atoms with Gasteiger partial charge in [0.05, 0.1) is 11.6 Å². The van der Waals surface area contributed by atoms with Gasteiger partial charge in [-0.15, -0.1) is 0 Å². The Balaban J connectivity index is 2.01. The van der Waals surface area contributed by atoms with E-state index < -0.39 is 11.8 Å². The molecular weight excluding hydrogens is 346 g/mol.